The fourth-order valence-electron chi connectivity index (χ4n) is 1.83. The standard InChI is InChI=1S/C18H14Br4O8/c1-3-9(23)27-5-7-29-17(25)11-12(14(20)16(22)15(21)13(11)19)18(26)30-8-6-28-10(24)4-2/h3-4H,1-2,5-8H2. The molecule has 1 aromatic rings. The lowest BCUT2D eigenvalue weighted by Gasteiger charge is -2.16. The predicted molar refractivity (Wildman–Crippen MR) is 120 cm³/mol. The molecule has 0 amide bonds. The Bertz CT molecular complexity index is 811. The second-order valence-corrected chi connectivity index (χ2v) is 8.19. The lowest BCUT2D eigenvalue weighted by atomic mass is 10.1. The van der Waals surface area contributed by atoms with Crippen molar-refractivity contribution in [2.45, 2.75) is 0 Å². The first-order valence-corrected chi connectivity index (χ1v) is 11.1. The maximum absolute atomic E-state index is 12.6. The smallest absolute Gasteiger partial charge is 0.340 e. The van der Waals surface area contributed by atoms with Gasteiger partial charge in [0.1, 0.15) is 26.4 Å². The Labute approximate surface area is 205 Å². The van der Waals surface area contributed by atoms with Gasteiger partial charge < -0.3 is 18.9 Å². The zero-order valence-corrected chi connectivity index (χ0v) is 21.5. The maximum Gasteiger partial charge on any atom is 0.340 e. The van der Waals surface area contributed by atoms with Crippen LogP contribution in [0, 0.1) is 0 Å². The van der Waals surface area contributed by atoms with Gasteiger partial charge in [0, 0.05) is 30.0 Å². The Hall–Kier alpha value is -1.50. The van der Waals surface area contributed by atoms with Crippen molar-refractivity contribution in [3.8, 4) is 0 Å². The van der Waals surface area contributed by atoms with Crippen molar-refractivity contribution in [3.05, 3.63) is 54.3 Å². The van der Waals surface area contributed by atoms with Gasteiger partial charge in [0.2, 0.25) is 0 Å². The van der Waals surface area contributed by atoms with E-state index < -0.39 is 23.9 Å². The summed E-state index contributed by atoms with van der Waals surface area (Å²) in [6.07, 6.45) is 1.95. The third-order valence-corrected chi connectivity index (χ3v) is 7.90. The van der Waals surface area contributed by atoms with Crippen molar-refractivity contribution in [1.29, 1.82) is 0 Å². The molecule has 0 fully saturated rings. The number of hydrogen-bond donors (Lipinski definition) is 0. The molecule has 0 radical (unpaired) electrons. The summed E-state index contributed by atoms with van der Waals surface area (Å²) in [6, 6.07) is 0. The number of hydrogen-bond acceptors (Lipinski definition) is 8. The number of benzene rings is 1. The Morgan fingerprint density at radius 3 is 1.20 bits per heavy atom. The van der Waals surface area contributed by atoms with Crippen LogP contribution in [0.25, 0.3) is 0 Å². The van der Waals surface area contributed by atoms with Gasteiger partial charge in [0.25, 0.3) is 0 Å². The SMILES string of the molecule is C=CC(=O)OCCOC(=O)c1c(Br)c(Br)c(Br)c(Br)c1C(=O)OCCOC(=O)C=C. The molecule has 0 bridgehead atoms. The highest BCUT2D eigenvalue weighted by Gasteiger charge is 2.30. The van der Waals surface area contributed by atoms with Gasteiger partial charge in [-0.3, -0.25) is 0 Å². The summed E-state index contributed by atoms with van der Waals surface area (Å²) in [7, 11) is 0. The molecule has 1 rings (SSSR count). The van der Waals surface area contributed by atoms with Gasteiger partial charge in [-0.25, -0.2) is 19.2 Å². The van der Waals surface area contributed by atoms with Crippen molar-refractivity contribution in [2.24, 2.45) is 0 Å². The number of carbonyl (C=O) groups is 4. The molecule has 0 aromatic heterocycles. The van der Waals surface area contributed by atoms with E-state index in [-0.39, 0.29) is 46.5 Å². The summed E-state index contributed by atoms with van der Waals surface area (Å²) in [6.45, 7) is 5.62. The van der Waals surface area contributed by atoms with Crippen LogP contribution in [0.15, 0.2) is 43.2 Å². The van der Waals surface area contributed by atoms with E-state index >= 15 is 0 Å². The molecule has 0 atom stereocenters. The van der Waals surface area contributed by atoms with E-state index in [4.69, 9.17) is 18.9 Å². The molecule has 30 heavy (non-hydrogen) atoms. The Kier molecular flexibility index (Phi) is 11.5. The van der Waals surface area contributed by atoms with E-state index in [9.17, 15) is 19.2 Å². The number of carbonyl (C=O) groups excluding carboxylic acids is 4. The first kappa shape index (κ1) is 26.5. The topological polar surface area (TPSA) is 105 Å². The normalized spacial score (nSPS) is 10.0. The lowest BCUT2D eigenvalue weighted by Crippen LogP contribution is -2.20. The molecule has 0 saturated carbocycles. The quantitative estimate of drug-likeness (QED) is 0.0891. The largest absolute Gasteiger partial charge is 0.459 e. The minimum Gasteiger partial charge on any atom is -0.459 e. The van der Waals surface area contributed by atoms with Crippen molar-refractivity contribution >= 4 is 87.6 Å². The highest BCUT2D eigenvalue weighted by molar-refractivity contribution is 9.15. The van der Waals surface area contributed by atoms with Crippen LogP contribution in [0.5, 0.6) is 0 Å². The lowest BCUT2D eigenvalue weighted by molar-refractivity contribution is -0.139. The molecule has 0 heterocycles. The van der Waals surface area contributed by atoms with Crippen molar-refractivity contribution in [1.82, 2.24) is 0 Å². The summed E-state index contributed by atoms with van der Waals surface area (Å²) in [4.78, 5) is 47.3. The molecule has 162 valence electrons. The van der Waals surface area contributed by atoms with Crippen LogP contribution in [-0.2, 0) is 28.5 Å². The van der Waals surface area contributed by atoms with E-state index in [1.165, 1.54) is 0 Å². The van der Waals surface area contributed by atoms with Gasteiger partial charge in [-0.15, -0.1) is 0 Å². The van der Waals surface area contributed by atoms with Gasteiger partial charge in [-0.05, 0) is 63.7 Å². The molecule has 0 saturated heterocycles. The van der Waals surface area contributed by atoms with Crippen LogP contribution in [0.4, 0.5) is 0 Å². The summed E-state index contributed by atoms with van der Waals surface area (Å²) in [5.74, 6) is -3.06. The summed E-state index contributed by atoms with van der Waals surface area (Å²) < 4.78 is 21.0. The van der Waals surface area contributed by atoms with Crippen molar-refractivity contribution in [3.63, 3.8) is 0 Å². The highest BCUT2D eigenvalue weighted by atomic mass is 79.9. The van der Waals surface area contributed by atoms with E-state index in [0.29, 0.717) is 8.95 Å². The van der Waals surface area contributed by atoms with Crippen molar-refractivity contribution < 1.29 is 38.1 Å². The zero-order chi connectivity index (χ0) is 22.8. The fourth-order valence-corrected chi connectivity index (χ4v) is 4.27. The molecular weight excluding hydrogens is 664 g/mol. The molecule has 8 nitrogen and oxygen atoms in total. The van der Waals surface area contributed by atoms with Crippen LogP contribution >= 0.6 is 63.7 Å². The van der Waals surface area contributed by atoms with Gasteiger partial charge in [-0.1, -0.05) is 13.2 Å². The number of halogens is 4. The van der Waals surface area contributed by atoms with Crippen LogP contribution in [0.1, 0.15) is 20.7 Å². The number of esters is 4. The van der Waals surface area contributed by atoms with E-state index in [1.54, 1.807) is 0 Å². The van der Waals surface area contributed by atoms with Gasteiger partial charge in [0.15, 0.2) is 0 Å². The molecule has 0 unspecified atom stereocenters. The van der Waals surface area contributed by atoms with E-state index in [0.717, 1.165) is 12.2 Å². The average Bonchev–Trinajstić information content (AvgIpc) is 2.74. The maximum atomic E-state index is 12.6. The first-order valence-electron chi connectivity index (χ1n) is 7.94. The third kappa shape index (κ3) is 7.33. The van der Waals surface area contributed by atoms with Gasteiger partial charge in [0.05, 0.1) is 11.1 Å². The minimum atomic E-state index is -0.865. The Balaban J connectivity index is 3.04. The molecule has 0 aliphatic rings. The van der Waals surface area contributed by atoms with Crippen LogP contribution in [-0.4, -0.2) is 50.3 Å². The third-order valence-electron chi connectivity index (χ3n) is 3.13. The first-order chi connectivity index (χ1) is 14.1. The molecule has 0 N–H and O–H groups in total. The van der Waals surface area contributed by atoms with E-state index in [2.05, 4.69) is 76.9 Å². The summed E-state index contributed by atoms with van der Waals surface area (Å²) >= 11 is 13.1. The molecule has 12 heteroatoms. The highest BCUT2D eigenvalue weighted by Crippen LogP contribution is 2.42. The van der Waals surface area contributed by atoms with Crippen LogP contribution in [0.3, 0.4) is 0 Å². The fraction of sp³-hybridized carbons (Fsp3) is 0.222. The van der Waals surface area contributed by atoms with Gasteiger partial charge >= 0.3 is 23.9 Å². The second kappa shape index (κ2) is 13.0. The van der Waals surface area contributed by atoms with Crippen LogP contribution in [0.2, 0.25) is 0 Å². The minimum absolute atomic E-state index is 0.125. The predicted octanol–water partition coefficient (Wildman–Crippen LogP) is 4.51. The molecule has 0 aliphatic heterocycles. The van der Waals surface area contributed by atoms with E-state index in [1.807, 2.05) is 0 Å². The summed E-state index contributed by atoms with van der Waals surface area (Å²) in [5, 5.41) is 0. The van der Waals surface area contributed by atoms with Gasteiger partial charge in [-0.2, -0.15) is 0 Å². The second-order valence-electron chi connectivity index (χ2n) is 5.02. The molecule has 0 spiro atoms. The Morgan fingerprint density at radius 1 is 0.600 bits per heavy atom. The summed E-state index contributed by atoms with van der Waals surface area (Å²) in [5.41, 5.74) is -0.250. The average molecular weight is 678 g/mol. The van der Waals surface area contributed by atoms with Crippen molar-refractivity contribution in [2.75, 3.05) is 26.4 Å². The Morgan fingerprint density at radius 2 is 0.900 bits per heavy atom. The number of rotatable bonds is 10. The number of ether oxygens (including phenoxy) is 4. The zero-order valence-electron chi connectivity index (χ0n) is 15.2. The molecular formula is C18H14Br4O8. The molecule has 1 aromatic carbocycles. The monoisotopic (exact) mass is 674 g/mol. The van der Waals surface area contributed by atoms with Crippen LogP contribution < -0.4 is 0 Å². The molecule has 0 aliphatic carbocycles.